The van der Waals surface area contributed by atoms with Gasteiger partial charge in [0.1, 0.15) is 0 Å². The molecule has 0 saturated carbocycles. The number of thiazole rings is 1. The van der Waals surface area contributed by atoms with Crippen LogP contribution >= 0.6 is 34.7 Å². The van der Waals surface area contributed by atoms with Gasteiger partial charge in [-0.3, -0.25) is 9.69 Å². The Morgan fingerprint density at radius 1 is 1.10 bits per heavy atom. The standard InChI is InChI=1S/C23H28ClN3OS2/c1-5-26(6-2)14-15-27(22(28)17-10-8-9-11-19(17)29-7-3)23-25-21-16(4)18(24)12-13-20(21)30-23/h8-13H,5-7,14-15H2,1-4H3. The monoisotopic (exact) mass is 461 g/mol. The van der Waals surface area contributed by atoms with Crippen molar-refractivity contribution in [1.29, 1.82) is 0 Å². The molecule has 4 nitrogen and oxygen atoms in total. The molecule has 2 aromatic carbocycles. The third-order valence-corrected chi connectivity index (χ3v) is 7.57. The van der Waals surface area contributed by atoms with Crippen molar-refractivity contribution in [2.45, 2.75) is 32.6 Å². The summed E-state index contributed by atoms with van der Waals surface area (Å²) in [5.41, 5.74) is 2.56. The first-order valence-electron chi connectivity index (χ1n) is 10.3. The Hall–Kier alpha value is -1.60. The minimum atomic E-state index is 0.00140. The minimum absolute atomic E-state index is 0.00140. The van der Waals surface area contributed by atoms with Crippen molar-refractivity contribution in [2.75, 3.05) is 36.8 Å². The average Bonchev–Trinajstić information content (AvgIpc) is 3.19. The van der Waals surface area contributed by atoms with Gasteiger partial charge in [0.15, 0.2) is 5.13 Å². The molecule has 0 atom stereocenters. The molecule has 0 fully saturated rings. The fourth-order valence-corrected chi connectivity index (χ4v) is 5.34. The second kappa shape index (κ2) is 10.6. The number of amides is 1. The van der Waals surface area contributed by atoms with Crippen LogP contribution in [0.2, 0.25) is 5.02 Å². The van der Waals surface area contributed by atoms with Gasteiger partial charge in [0, 0.05) is 23.0 Å². The smallest absolute Gasteiger partial charge is 0.261 e. The third-order valence-electron chi connectivity index (χ3n) is 5.16. The summed E-state index contributed by atoms with van der Waals surface area (Å²) in [5, 5.41) is 1.42. The van der Waals surface area contributed by atoms with Crippen LogP contribution in [-0.4, -0.2) is 47.7 Å². The van der Waals surface area contributed by atoms with Crippen LogP contribution in [0.1, 0.15) is 36.7 Å². The number of carbonyl (C=O) groups excluding carboxylic acids is 1. The summed E-state index contributed by atoms with van der Waals surface area (Å²) in [6, 6.07) is 11.7. The number of halogens is 1. The lowest BCUT2D eigenvalue weighted by atomic mass is 10.2. The number of likely N-dealkylation sites (N-methyl/N-ethyl adjacent to an activating group) is 1. The molecule has 0 radical (unpaired) electrons. The minimum Gasteiger partial charge on any atom is -0.302 e. The van der Waals surface area contributed by atoms with E-state index < -0.39 is 0 Å². The molecule has 1 amide bonds. The quantitative estimate of drug-likeness (QED) is 0.347. The van der Waals surface area contributed by atoms with Gasteiger partial charge >= 0.3 is 0 Å². The van der Waals surface area contributed by atoms with E-state index in [1.807, 2.05) is 48.2 Å². The van der Waals surface area contributed by atoms with Crippen LogP contribution in [0.4, 0.5) is 5.13 Å². The van der Waals surface area contributed by atoms with Gasteiger partial charge in [-0.05, 0) is 55.6 Å². The lowest BCUT2D eigenvalue weighted by Crippen LogP contribution is -2.39. The number of aryl methyl sites for hydroxylation is 1. The van der Waals surface area contributed by atoms with Crippen LogP contribution in [0.3, 0.4) is 0 Å². The van der Waals surface area contributed by atoms with Crippen LogP contribution in [0.25, 0.3) is 10.2 Å². The number of benzene rings is 2. The zero-order valence-corrected chi connectivity index (χ0v) is 20.3. The number of carbonyl (C=O) groups is 1. The van der Waals surface area contributed by atoms with Crippen LogP contribution in [0.15, 0.2) is 41.3 Å². The summed E-state index contributed by atoms with van der Waals surface area (Å²) in [7, 11) is 0. The van der Waals surface area contributed by atoms with Crippen molar-refractivity contribution in [3.63, 3.8) is 0 Å². The van der Waals surface area contributed by atoms with Gasteiger partial charge in [-0.25, -0.2) is 4.98 Å². The van der Waals surface area contributed by atoms with Gasteiger partial charge in [-0.1, -0.05) is 55.8 Å². The fraction of sp³-hybridized carbons (Fsp3) is 0.391. The van der Waals surface area contributed by atoms with Crippen molar-refractivity contribution in [1.82, 2.24) is 9.88 Å². The maximum Gasteiger partial charge on any atom is 0.261 e. The number of anilines is 1. The second-order valence-electron chi connectivity index (χ2n) is 6.93. The summed E-state index contributed by atoms with van der Waals surface area (Å²) in [6.07, 6.45) is 0. The van der Waals surface area contributed by atoms with Gasteiger partial charge in [0.2, 0.25) is 0 Å². The van der Waals surface area contributed by atoms with E-state index in [-0.39, 0.29) is 5.91 Å². The number of fused-ring (bicyclic) bond motifs is 1. The molecule has 0 aliphatic heterocycles. The van der Waals surface area contributed by atoms with E-state index in [1.165, 1.54) is 0 Å². The SMILES string of the molecule is CCSc1ccccc1C(=O)N(CCN(CC)CC)c1nc2c(C)c(Cl)ccc2s1. The second-order valence-corrected chi connectivity index (χ2v) is 9.65. The van der Waals surface area contributed by atoms with E-state index in [4.69, 9.17) is 16.6 Å². The topological polar surface area (TPSA) is 36.4 Å². The molecular formula is C23H28ClN3OS2. The lowest BCUT2D eigenvalue weighted by molar-refractivity contribution is 0.0981. The molecule has 0 unspecified atom stereocenters. The van der Waals surface area contributed by atoms with Crippen LogP contribution in [0, 0.1) is 6.92 Å². The number of thioether (sulfide) groups is 1. The Labute approximate surface area is 192 Å². The molecule has 1 heterocycles. The van der Waals surface area contributed by atoms with Crippen LogP contribution in [-0.2, 0) is 0 Å². The first-order valence-corrected chi connectivity index (χ1v) is 12.5. The highest BCUT2D eigenvalue weighted by molar-refractivity contribution is 7.99. The number of aromatic nitrogens is 1. The molecule has 30 heavy (non-hydrogen) atoms. The molecule has 1 aromatic heterocycles. The van der Waals surface area contributed by atoms with Crippen LogP contribution in [0.5, 0.6) is 0 Å². The Morgan fingerprint density at radius 2 is 1.83 bits per heavy atom. The summed E-state index contributed by atoms with van der Waals surface area (Å²) >= 11 is 9.55. The van der Waals surface area contributed by atoms with Crippen molar-refractivity contribution >= 4 is 56.0 Å². The number of nitrogens with zero attached hydrogens (tertiary/aromatic N) is 3. The summed E-state index contributed by atoms with van der Waals surface area (Å²) < 4.78 is 1.05. The highest BCUT2D eigenvalue weighted by Gasteiger charge is 2.24. The summed E-state index contributed by atoms with van der Waals surface area (Å²) in [4.78, 5) is 23.7. The van der Waals surface area contributed by atoms with Gasteiger partial charge < -0.3 is 4.90 Å². The molecular weight excluding hydrogens is 434 g/mol. The summed E-state index contributed by atoms with van der Waals surface area (Å²) in [5.74, 6) is 0.921. The highest BCUT2D eigenvalue weighted by atomic mass is 35.5. The molecule has 0 aliphatic rings. The Morgan fingerprint density at radius 3 is 2.53 bits per heavy atom. The summed E-state index contributed by atoms with van der Waals surface area (Å²) in [6.45, 7) is 11.7. The predicted octanol–water partition coefficient (Wildman–Crippen LogP) is 6.36. The zero-order valence-electron chi connectivity index (χ0n) is 17.9. The lowest BCUT2D eigenvalue weighted by Gasteiger charge is -2.25. The van der Waals surface area contributed by atoms with E-state index >= 15 is 0 Å². The van der Waals surface area contributed by atoms with Crippen molar-refractivity contribution < 1.29 is 4.79 Å². The molecule has 0 spiro atoms. The first kappa shape index (κ1) is 23.1. The van der Waals surface area contributed by atoms with E-state index in [1.54, 1.807) is 23.1 Å². The Kier molecular flexibility index (Phi) is 8.17. The maximum atomic E-state index is 13.7. The highest BCUT2D eigenvalue weighted by Crippen LogP contribution is 2.35. The molecule has 0 aliphatic carbocycles. The first-order chi connectivity index (χ1) is 14.5. The fourth-order valence-electron chi connectivity index (χ4n) is 3.34. The number of hydrogen-bond donors (Lipinski definition) is 0. The Balaban J connectivity index is 2.03. The normalized spacial score (nSPS) is 11.4. The van der Waals surface area contributed by atoms with E-state index in [0.717, 1.165) is 56.8 Å². The average molecular weight is 462 g/mol. The van der Waals surface area contributed by atoms with Gasteiger partial charge in [-0.2, -0.15) is 0 Å². The van der Waals surface area contributed by atoms with Gasteiger partial charge in [-0.15, -0.1) is 11.8 Å². The van der Waals surface area contributed by atoms with Gasteiger partial charge in [0.05, 0.1) is 15.8 Å². The van der Waals surface area contributed by atoms with E-state index in [9.17, 15) is 4.79 Å². The molecule has 0 N–H and O–H groups in total. The van der Waals surface area contributed by atoms with E-state index in [2.05, 4.69) is 25.7 Å². The van der Waals surface area contributed by atoms with Crippen molar-refractivity contribution in [3.05, 3.63) is 52.5 Å². The number of rotatable bonds is 9. The number of hydrogen-bond acceptors (Lipinski definition) is 5. The zero-order chi connectivity index (χ0) is 21.7. The van der Waals surface area contributed by atoms with Gasteiger partial charge in [0.25, 0.3) is 5.91 Å². The van der Waals surface area contributed by atoms with Crippen LogP contribution < -0.4 is 4.90 Å². The Bertz CT molecular complexity index is 1020. The molecule has 7 heteroatoms. The molecule has 3 rings (SSSR count). The maximum absolute atomic E-state index is 13.7. The molecule has 3 aromatic rings. The predicted molar refractivity (Wildman–Crippen MR) is 132 cm³/mol. The van der Waals surface area contributed by atoms with E-state index in [0.29, 0.717) is 11.6 Å². The van der Waals surface area contributed by atoms with Crippen molar-refractivity contribution in [3.8, 4) is 0 Å². The van der Waals surface area contributed by atoms with Crippen molar-refractivity contribution in [2.24, 2.45) is 0 Å². The molecule has 160 valence electrons. The third kappa shape index (κ3) is 4.99. The molecule has 0 saturated heterocycles. The largest absolute Gasteiger partial charge is 0.302 e. The molecule has 0 bridgehead atoms.